The van der Waals surface area contributed by atoms with Crippen molar-refractivity contribution in [3.63, 3.8) is 0 Å². The third-order valence-corrected chi connectivity index (χ3v) is 1.93. The first kappa shape index (κ1) is 17.3. The van der Waals surface area contributed by atoms with Crippen molar-refractivity contribution in [1.82, 2.24) is 0 Å². The molecule has 0 aliphatic carbocycles. The normalized spacial score (nSPS) is 8.06. The number of carbonyl (C=O) groups excluding carboxylic acids is 1. The van der Waals surface area contributed by atoms with Crippen molar-refractivity contribution in [2.75, 3.05) is 7.05 Å². The van der Waals surface area contributed by atoms with Crippen LogP contribution < -0.4 is 5.73 Å². The Morgan fingerprint density at radius 2 is 1.62 bits per heavy atom. The van der Waals surface area contributed by atoms with Gasteiger partial charge in [-0.15, -0.1) is 0 Å². The molecule has 16 heavy (non-hydrogen) atoms. The van der Waals surface area contributed by atoms with Crippen molar-refractivity contribution in [3.8, 4) is 0 Å². The molecule has 0 aliphatic heterocycles. The van der Waals surface area contributed by atoms with E-state index in [-0.39, 0.29) is 0 Å². The van der Waals surface area contributed by atoms with Crippen LogP contribution >= 0.6 is 0 Å². The SMILES string of the molecule is CC.CCC(=O)CCc1ccccc1.CN. The van der Waals surface area contributed by atoms with Crippen molar-refractivity contribution in [1.29, 1.82) is 0 Å². The third-order valence-electron chi connectivity index (χ3n) is 1.93. The lowest BCUT2D eigenvalue weighted by Crippen LogP contribution is -1.97. The van der Waals surface area contributed by atoms with Gasteiger partial charge in [0.1, 0.15) is 5.78 Å². The van der Waals surface area contributed by atoms with Crippen LogP contribution in [0.2, 0.25) is 0 Å². The van der Waals surface area contributed by atoms with Crippen LogP contribution in [0.1, 0.15) is 39.2 Å². The lowest BCUT2D eigenvalue weighted by atomic mass is 10.1. The van der Waals surface area contributed by atoms with Crippen molar-refractivity contribution in [3.05, 3.63) is 35.9 Å². The summed E-state index contributed by atoms with van der Waals surface area (Å²) < 4.78 is 0. The van der Waals surface area contributed by atoms with E-state index in [1.165, 1.54) is 12.6 Å². The van der Waals surface area contributed by atoms with E-state index in [9.17, 15) is 4.79 Å². The number of aryl methyl sites for hydroxylation is 1. The number of hydrogen-bond acceptors (Lipinski definition) is 2. The van der Waals surface area contributed by atoms with Gasteiger partial charge in [-0.1, -0.05) is 51.1 Å². The Balaban J connectivity index is 0. The van der Waals surface area contributed by atoms with Gasteiger partial charge in [0.2, 0.25) is 0 Å². The Hall–Kier alpha value is -1.15. The molecule has 92 valence electrons. The smallest absolute Gasteiger partial charge is 0.132 e. The highest BCUT2D eigenvalue weighted by atomic mass is 16.1. The highest BCUT2D eigenvalue weighted by Crippen LogP contribution is 2.03. The van der Waals surface area contributed by atoms with Crippen molar-refractivity contribution >= 4 is 5.78 Å². The fraction of sp³-hybridized carbons (Fsp3) is 0.500. The molecule has 2 N–H and O–H groups in total. The van der Waals surface area contributed by atoms with E-state index in [0.29, 0.717) is 18.6 Å². The average molecular weight is 223 g/mol. The van der Waals surface area contributed by atoms with Gasteiger partial charge in [0, 0.05) is 12.8 Å². The first-order valence-electron chi connectivity index (χ1n) is 5.96. The maximum Gasteiger partial charge on any atom is 0.132 e. The zero-order valence-corrected chi connectivity index (χ0v) is 11.0. The molecule has 0 aliphatic rings. The maximum absolute atomic E-state index is 11.0. The minimum absolute atomic E-state index is 0.346. The lowest BCUT2D eigenvalue weighted by Gasteiger charge is -1.98. The zero-order valence-electron chi connectivity index (χ0n) is 11.0. The average Bonchev–Trinajstić information content (AvgIpc) is 2.41. The number of hydrogen-bond donors (Lipinski definition) is 1. The summed E-state index contributed by atoms with van der Waals surface area (Å²) in [5.74, 6) is 0.346. The van der Waals surface area contributed by atoms with Crippen molar-refractivity contribution in [2.24, 2.45) is 5.73 Å². The molecule has 0 spiro atoms. The van der Waals surface area contributed by atoms with E-state index < -0.39 is 0 Å². The molecular formula is C14H25NO. The molecule has 0 bridgehead atoms. The predicted molar refractivity (Wildman–Crippen MR) is 71.5 cm³/mol. The van der Waals surface area contributed by atoms with Crippen LogP contribution in [0.25, 0.3) is 0 Å². The van der Waals surface area contributed by atoms with Crippen LogP contribution in [0.3, 0.4) is 0 Å². The summed E-state index contributed by atoms with van der Waals surface area (Å²) in [7, 11) is 1.50. The first-order valence-corrected chi connectivity index (χ1v) is 5.96. The predicted octanol–water partition coefficient (Wildman–Crippen LogP) is 3.20. The molecule has 0 unspecified atom stereocenters. The third kappa shape index (κ3) is 9.41. The summed E-state index contributed by atoms with van der Waals surface area (Å²) in [5, 5.41) is 0. The summed E-state index contributed by atoms with van der Waals surface area (Å²) in [6.07, 6.45) is 2.22. The Labute approximate surface area is 99.9 Å². The molecule has 0 saturated carbocycles. The molecule has 0 heterocycles. The van der Waals surface area contributed by atoms with Crippen LogP contribution in [0, 0.1) is 0 Å². The minimum Gasteiger partial charge on any atom is -0.333 e. The van der Waals surface area contributed by atoms with Crippen LogP contribution in [0.15, 0.2) is 30.3 Å². The molecule has 0 radical (unpaired) electrons. The number of benzene rings is 1. The van der Waals surface area contributed by atoms with E-state index in [2.05, 4.69) is 17.9 Å². The molecule has 1 aromatic carbocycles. The van der Waals surface area contributed by atoms with Crippen molar-refractivity contribution < 1.29 is 4.79 Å². The molecule has 2 nitrogen and oxygen atoms in total. The Morgan fingerprint density at radius 1 is 1.12 bits per heavy atom. The highest BCUT2D eigenvalue weighted by Gasteiger charge is 1.98. The monoisotopic (exact) mass is 223 g/mol. The Kier molecular flexibility index (Phi) is 14.9. The number of carbonyl (C=O) groups is 1. The van der Waals surface area contributed by atoms with Gasteiger partial charge in [0.05, 0.1) is 0 Å². The van der Waals surface area contributed by atoms with E-state index >= 15 is 0 Å². The van der Waals surface area contributed by atoms with Gasteiger partial charge in [-0.25, -0.2) is 0 Å². The molecule has 1 rings (SSSR count). The van der Waals surface area contributed by atoms with Gasteiger partial charge in [0.25, 0.3) is 0 Å². The summed E-state index contributed by atoms with van der Waals surface area (Å²) >= 11 is 0. The van der Waals surface area contributed by atoms with E-state index in [4.69, 9.17) is 0 Å². The van der Waals surface area contributed by atoms with Crippen LogP contribution in [0.4, 0.5) is 0 Å². The van der Waals surface area contributed by atoms with Crippen LogP contribution in [0.5, 0.6) is 0 Å². The number of nitrogens with two attached hydrogens (primary N) is 1. The first-order chi connectivity index (χ1) is 7.83. The molecule has 0 fully saturated rings. The maximum atomic E-state index is 11.0. The van der Waals surface area contributed by atoms with Gasteiger partial charge >= 0.3 is 0 Å². The minimum atomic E-state index is 0.346. The van der Waals surface area contributed by atoms with E-state index in [1.807, 2.05) is 39.0 Å². The Bertz CT molecular complexity index is 244. The second-order valence-electron chi connectivity index (χ2n) is 2.88. The standard InChI is InChI=1S/C11H14O.C2H6.CH5N/c1-2-11(12)9-8-10-6-4-3-5-7-10;2*1-2/h3-7H,2,8-9H2,1H3;1-2H3;2H2,1H3. The fourth-order valence-corrected chi connectivity index (χ4v) is 1.11. The molecular weight excluding hydrogens is 198 g/mol. The van der Waals surface area contributed by atoms with E-state index in [1.54, 1.807) is 0 Å². The summed E-state index contributed by atoms with van der Waals surface area (Å²) in [6.45, 7) is 5.91. The fourth-order valence-electron chi connectivity index (χ4n) is 1.11. The molecule has 0 atom stereocenters. The molecule has 0 aromatic heterocycles. The topological polar surface area (TPSA) is 43.1 Å². The Morgan fingerprint density at radius 3 is 2.06 bits per heavy atom. The number of rotatable bonds is 4. The molecule has 0 amide bonds. The molecule has 1 aromatic rings. The van der Waals surface area contributed by atoms with Gasteiger partial charge in [-0.2, -0.15) is 0 Å². The molecule has 2 heteroatoms. The van der Waals surface area contributed by atoms with Crippen LogP contribution in [-0.4, -0.2) is 12.8 Å². The summed E-state index contributed by atoms with van der Waals surface area (Å²) in [6, 6.07) is 10.1. The van der Waals surface area contributed by atoms with Crippen LogP contribution in [-0.2, 0) is 11.2 Å². The van der Waals surface area contributed by atoms with Gasteiger partial charge < -0.3 is 5.73 Å². The largest absolute Gasteiger partial charge is 0.333 e. The lowest BCUT2D eigenvalue weighted by molar-refractivity contribution is -0.118. The second kappa shape index (κ2) is 13.8. The summed E-state index contributed by atoms with van der Waals surface area (Å²) in [4.78, 5) is 11.0. The number of Topliss-reactive ketones (excluding diaryl/α,β-unsaturated/α-hetero) is 1. The summed E-state index contributed by atoms with van der Waals surface area (Å²) in [5.41, 5.74) is 5.75. The van der Waals surface area contributed by atoms with Gasteiger partial charge in [0.15, 0.2) is 0 Å². The highest BCUT2D eigenvalue weighted by molar-refractivity contribution is 5.78. The quantitative estimate of drug-likeness (QED) is 0.851. The van der Waals surface area contributed by atoms with E-state index in [0.717, 1.165) is 6.42 Å². The number of ketones is 1. The molecule has 0 saturated heterocycles. The zero-order chi connectivity index (χ0) is 12.8. The van der Waals surface area contributed by atoms with Gasteiger partial charge in [-0.05, 0) is 19.0 Å². The van der Waals surface area contributed by atoms with Gasteiger partial charge in [-0.3, -0.25) is 4.79 Å². The van der Waals surface area contributed by atoms with Crippen molar-refractivity contribution in [2.45, 2.75) is 40.0 Å². The second-order valence-corrected chi connectivity index (χ2v) is 2.88.